The van der Waals surface area contributed by atoms with Gasteiger partial charge in [-0.2, -0.15) is 14.1 Å². The first-order chi connectivity index (χ1) is 16.5. The average molecular weight is 484 g/mol. The molecule has 0 unspecified atom stereocenters. The number of piperazine rings is 1. The molecule has 0 spiro atoms. The molecule has 1 aliphatic rings. The van der Waals surface area contributed by atoms with Crippen molar-refractivity contribution >= 4 is 15.7 Å². The molecule has 10 heteroatoms. The largest absolute Gasteiger partial charge is 0.486 e. The van der Waals surface area contributed by atoms with E-state index in [2.05, 4.69) is 17.0 Å². The molecule has 1 aliphatic heterocycles. The summed E-state index contributed by atoms with van der Waals surface area (Å²) in [5, 5.41) is 4.33. The summed E-state index contributed by atoms with van der Waals surface area (Å²) in [4.78, 5) is 19.8. The van der Waals surface area contributed by atoms with E-state index in [1.165, 1.54) is 8.99 Å². The summed E-state index contributed by atoms with van der Waals surface area (Å²) < 4.78 is 34.6. The van der Waals surface area contributed by atoms with Crippen molar-refractivity contribution in [3.63, 3.8) is 0 Å². The van der Waals surface area contributed by atoms with Gasteiger partial charge in [-0.3, -0.25) is 4.79 Å². The van der Waals surface area contributed by atoms with Gasteiger partial charge in [-0.05, 0) is 30.7 Å². The molecule has 180 valence electrons. The molecule has 0 N–H and O–H groups in total. The van der Waals surface area contributed by atoms with E-state index in [9.17, 15) is 13.2 Å². The molecular formula is C24H29N5O4S. The quantitative estimate of drug-likeness (QED) is 0.432. The number of unbranched alkanes of at least 4 members (excludes halogenated alkanes) is 2. The Morgan fingerprint density at radius 3 is 2.38 bits per heavy atom. The van der Waals surface area contributed by atoms with Crippen LogP contribution >= 0.6 is 0 Å². The first kappa shape index (κ1) is 23.9. The molecule has 0 atom stereocenters. The van der Waals surface area contributed by atoms with Gasteiger partial charge in [0.15, 0.2) is 5.82 Å². The number of nitrogens with zero attached hydrogens (tertiary/aromatic N) is 5. The number of rotatable bonds is 9. The Balaban J connectivity index is 1.57. The van der Waals surface area contributed by atoms with Gasteiger partial charge in [-0.25, -0.2) is 13.4 Å². The standard InChI is InChI=1S/C24H29N5O4S/c1-2-3-9-18-33-23-21(19-26-29(24(23)30)22-12-7-8-13-25-22)27-14-16-28(17-15-27)34(31,32)20-10-5-4-6-11-20/h4-8,10-13,19H,2-3,9,14-18H2,1H3. The monoisotopic (exact) mass is 483 g/mol. The van der Waals surface area contributed by atoms with Gasteiger partial charge < -0.3 is 9.64 Å². The van der Waals surface area contributed by atoms with Gasteiger partial charge in [0.25, 0.3) is 0 Å². The van der Waals surface area contributed by atoms with E-state index < -0.39 is 10.0 Å². The Morgan fingerprint density at radius 2 is 1.71 bits per heavy atom. The van der Waals surface area contributed by atoms with Gasteiger partial charge in [0.05, 0.1) is 17.7 Å². The topological polar surface area (TPSA) is 97.6 Å². The molecule has 0 amide bonds. The van der Waals surface area contributed by atoms with Gasteiger partial charge in [0.2, 0.25) is 15.8 Å². The maximum absolute atomic E-state index is 13.3. The molecule has 34 heavy (non-hydrogen) atoms. The van der Waals surface area contributed by atoms with Crippen molar-refractivity contribution in [1.82, 2.24) is 19.1 Å². The summed E-state index contributed by atoms with van der Waals surface area (Å²) >= 11 is 0. The lowest BCUT2D eigenvalue weighted by atomic mass is 10.2. The Labute approximate surface area is 199 Å². The number of ether oxygens (including phenoxy) is 1. The molecular weight excluding hydrogens is 454 g/mol. The second-order valence-electron chi connectivity index (χ2n) is 8.02. The summed E-state index contributed by atoms with van der Waals surface area (Å²) in [6.07, 6.45) is 6.09. The van der Waals surface area contributed by atoms with Crippen LogP contribution in [0.25, 0.3) is 5.82 Å². The lowest BCUT2D eigenvalue weighted by molar-refractivity contribution is 0.298. The van der Waals surface area contributed by atoms with Crippen molar-refractivity contribution < 1.29 is 13.2 Å². The minimum absolute atomic E-state index is 0.219. The van der Waals surface area contributed by atoms with Gasteiger partial charge >= 0.3 is 5.56 Å². The van der Waals surface area contributed by atoms with E-state index in [0.717, 1.165) is 19.3 Å². The fourth-order valence-electron chi connectivity index (χ4n) is 3.87. The molecule has 0 aliphatic carbocycles. The predicted octanol–water partition coefficient (Wildman–Crippen LogP) is 2.71. The van der Waals surface area contributed by atoms with Crippen molar-refractivity contribution in [2.45, 2.75) is 31.1 Å². The second kappa shape index (κ2) is 10.8. The highest BCUT2D eigenvalue weighted by molar-refractivity contribution is 7.89. The molecule has 0 bridgehead atoms. The minimum Gasteiger partial charge on any atom is -0.486 e. The van der Waals surface area contributed by atoms with Crippen LogP contribution in [0.2, 0.25) is 0 Å². The van der Waals surface area contributed by atoms with Gasteiger partial charge in [0.1, 0.15) is 5.69 Å². The van der Waals surface area contributed by atoms with Crippen LogP contribution in [0.3, 0.4) is 0 Å². The molecule has 3 heterocycles. The minimum atomic E-state index is -3.56. The Morgan fingerprint density at radius 1 is 0.971 bits per heavy atom. The smallest absolute Gasteiger partial charge is 0.317 e. The fourth-order valence-corrected chi connectivity index (χ4v) is 5.31. The molecule has 1 aromatic carbocycles. The SMILES string of the molecule is CCCCCOc1c(N2CCN(S(=O)(=O)c3ccccc3)CC2)cnn(-c2ccccn2)c1=O. The third kappa shape index (κ3) is 5.13. The van der Waals surface area contributed by atoms with Crippen LogP contribution in [-0.2, 0) is 10.0 Å². The number of aromatic nitrogens is 3. The van der Waals surface area contributed by atoms with Crippen molar-refractivity contribution in [1.29, 1.82) is 0 Å². The summed E-state index contributed by atoms with van der Waals surface area (Å²) in [7, 11) is -3.56. The highest BCUT2D eigenvalue weighted by Gasteiger charge is 2.30. The van der Waals surface area contributed by atoms with Crippen LogP contribution in [0.4, 0.5) is 5.69 Å². The molecule has 3 aromatic rings. The number of anilines is 1. The molecule has 0 saturated carbocycles. The van der Waals surface area contributed by atoms with E-state index in [1.54, 1.807) is 60.9 Å². The fraction of sp³-hybridized carbons (Fsp3) is 0.375. The van der Waals surface area contributed by atoms with Crippen LogP contribution in [0, 0.1) is 0 Å². The Hall–Kier alpha value is -3.24. The van der Waals surface area contributed by atoms with Gasteiger partial charge in [-0.15, -0.1) is 0 Å². The zero-order valence-electron chi connectivity index (χ0n) is 19.2. The lowest BCUT2D eigenvalue weighted by Crippen LogP contribution is -2.49. The number of hydrogen-bond acceptors (Lipinski definition) is 7. The van der Waals surface area contributed by atoms with Gasteiger partial charge in [0, 0.05) is 32.4 Å². The highest BCUT2D eigenvalue weighted by atomic mass is 32.2. The summed E-state index contributed by atoms with van der Waals surface area (Å²) in [6, 6.07) is 13.7. The lowest BCUT2D eigenvalue weighted by Gasteiger charge is -2.35. The third-order valence-corrected chi connectivity index (χ3v) is 7.65. The molecule has 1 saturated heterocycles. The first-order valence-electron chi connectivity index (χ1n) is 11.5. The first-order valence-corrected chi connectivity index (χ1v) is 12.9. The third-order valence-electron chi connectivity index (χ3n) is 5.74. The van der Waals surface area contributed by atoms with Crippen LogP contribution in [0.15, 0.2) is 70.6 Å². The van der Waals surface area contributed by atoms with Crippen molar-refractivity contribution in [3.05, 3.63) is 71.3 Å². The number of sulfonamides is 1. The van der Waals surface area contributed by atoms with E-state index in [0.29, 0.717) is 44.3 Å². The second-order valence-corrected chi connectivity index (χ2v) is 9.96. The summed E-state index contributed by atoms with van der Waals surface area (Å²) in [6.45, 7) is 3.98. The predicted molar refractivity (Wildman–Crippen MR) is 130 cm³/mol. The number of benzene rings is 1. The van der Waals surface area contributed by atoms with E-state index in [1.807, 2.05) is 4.90 Å². The molecule has 4 rings (SSSR count). The van der Waals surface area contributed by atoms with E-state index in [4.69, 9.17) is 4.74 Å². The number of pyridine rings is 1. The summed E-state index contributed by atoms with van der Waals surface area (Å²) in [5.41, 5.74) is 0.192. The average Bonchev–Trinajstić information content (AvgIpc) is 2.88. The zero-order chi connectivity index (χ0) is 24.0. The molecule has 9 nitrogen and oxygen atoms in total. The van der Waals surface area contributed by atoms with E-state index in [-0.39, 0.29) is 16.2 Å². The van der Waals surface area contributed by atoms with Crippen molar-refractivity contribution in [2.75, 3.05) is 37.7 Å². The van der Waals surface area contributed by atoms with Gasteiger partial charge in [-0.1, -0.05) is 44.0 Å². The van der Waals surface area contributed by atoms with Crippen LogP contribution in [0.5, 0.6) is 5.75 Å². The van der Waals surface area contributed by atoms with Crippen LogP contribution < -0.4 is 15.2 Å². The van der Waals surface area contributed by atoms with Crippen molar-refractivity contribution in [3.8, 4) is 11.6 Å². The zero-order valence-corrected chi connectivity index (χ0v) is 20.0. The molecule has 2 aromatic heterocycles. The summed E-state index contributed by atoms with van der Waals surface area (Å²) in [5.74, 6) is 0.632. The van der Waals surface area contributed by atoms with Crippen molar-refractivity contribution in [2.24, 2.45) is 0 Å². The normalized spacial score (nSPS) is 14.8. The Kier molecular flexibility index (Phi) is 7.59. The maximum Gasteiger partial charge on any atom is 0.317 e. The molecule has 1 fully saturated rings. The van der Waals surface area contributed by atoms with Crippen LogP contribution in [-0.4, -0.2) is 60.3 Å². The maximum atomic E-state index is 13.3. The molecule has 0 radical (unpaired) electrons. The highest BCUT2D eigenvalue weighted by Crippen LogP contribution is 2.27. The number of hydrogen-bond donors (Lipinski definition) is 0. The van der Waals surface area contributed by atoms with E-state index >= 15 is 0 Å². The Bertz CT molecular complexity index is 1240. The van der Waals surface area contributed by atoms with Crippen LogP contribution in [0.1, 0.15) is 26.2 Å².